The molecule has 138 valence electrons. The number of nitrogens with one attached hydrogen (secondary N) is 2. The van der Waals surface area contributed by atoms with Gasteiger partial charge in [0.2, 0.25) is 0 Å². The summed E-state index contributed by atoms with van der Waals surface area (Å²) < 4.78 is 4.88. The molecule has 0 saturated carbocycles. The van der Waals surface area contributed by atoms with Gasteiger partial charge in [-0.05, 0) is 31.0 Å². The Hall–Kier alpha value is -2.57. The molecule has 0 fully saturated rings. The Morgan fingerprint density at radius 2 is 1.84 bits per heavy atom. The molecule has 1 amide bonds. The third-order valence-electron chi connectivity index (χ3n) is 3.45. The molecular weight excluding hydrogens is 320 g/mol. The highest BCUT2D eigenvalue weighted by Gasteiger charge is 2.07. The number of amides is 1. The summed E-state index contributed by atoms with van der Waals surface area (Å²) in [5, 5.41) is 6.35. The van der Waals surface area contributed by atoms with Crippen LogP contribution in [-0.4, -0.2) is 57.0 Å². The van der Waals surface area contributed by atoms with Crippen molar-refractivity contribution < 1.29 is 14.3 Å². The van der Waals surface area contributed by atoms with Crippen LogP contribution in [0.4, 0.5) is 0 Å². The van der Waals surface area contributed by atoms with Crippen molar-refractivity contribution >= 4 is 17.8 Å². The zero-order chi connectivity index (χ0) is 18.7. The van der Waals surface area contributed by atoms with Gasteiger partial charge in [0.25, 0.3) is 5.91 Å². The second kappa shape index (κ2) is 11.1. The van der Waals surface area contributed by atoms with Gasteiger partial charge in [-0.2, -0.15) is 0 Å². The molecule has 0 aliphatic heterocycles. The maximum Gasteiger partial charge on any atom is 0.305 e. The summed E-state index contributed by atoms with van der Waals surface area (Å²) in [6.45, 7) is 3.43. The van der Waals surface area contributed by atoms with Crippen molar-refractivity contribution in [2.75, 3.05) is 34.3 Å². The van der Waals surface area contributed by atoms with Gasteiger partial charge < -0.3 is 20.3 Å². The summed E-state index contributed by atoms with van der Waals surface area (Å²) in [7, 11) is 5.16. The van der Waals surface area contributed by atoms with Crippen molar-refractivity contribution in [3.05, 3.63) is 35.4 Å². The summed E-state index contributed by atoms with van der Waals surface area (Å²) in [4.78, 5) is 28.8. The number of esters is 1. The van der Waals surface area contributed by atoms with Gasteiger partial charge in [-0.3, -0.25) is 14.6 Å². The van der Waals surface area contributed by atoms with E-state index < -0.39 is 0 Å². The summed E-state index contributed by atoms with van der Waals surface area (Å²) in [5.74, 6) is 0.468. The summed E-state index contributed by atoms with van der Waals surface area (Å²) in [6, 6.07) is 7.46. The van der Waals surface area contributed by atoms with Crippen molar-refractivity contribution in [3.8, 4) is 0 Å². The lowest BCUT2D eigenvalue weighted by Gasteiger charge is -2.13. The highest BCUT2D eigenvalue weighted by molar-refractivity contribution is 5.93. The van der Waals surface area contributed by atoms with Gasteiger partial charge >= 0.3 is 5.97 Å². The maximum atomic E-state index is 11.9. The molecule has 0 bridgehead atoms. The fraction of sp³-hybridized carbons (Fsp3) is 0.500. The lowest BCUT2D eigenvalue weighted by Crippen LogP contribution is -2.37. The Balaban J connectivity index is 2.37. The van der Waals surface area contributed by atoms with Crippen LogP contribution in [0.25, 0.3) is 0 Å². The topological polar surface area (TPSA) is 83.0 Å². The van der Waals surface area contributed by atoms with E-state index >= 15 is 0 Å². The van der Waals surface area contributed by atoms with Gasteiger partial charge in [0.05, 0.1) is 6.61 Å². The Kier molecular flexibility index (Phi) is 9.06. The first-order valence-electron chi connectivity index (χ1n) is 8.38. The standard InChI is InChI=1S/C18H28N4O3/c1-5-25-16(23)7-6-12-20-18(19-2)21-13-14-8-10-15(11-9-14)17(24)22(3)4/h8-11H,5-7,12-13H2,1-4H3,(H2,19,20,21). The van der Waals surface area contributed by atoms with Crippen LogP contribution in [0.1, 0.15) is 35.7 Å². The van der Waals surface area contributed by atoms with E-state index in [-0.39, 0.29) is 11.9 Å². The van der Waals surface area contributed by atoms with Gasteiger partial charge in [0.15, 0.2) is 5.96 Å². The van der Waals surface area contributed by atoms with Gasteiger partial charge in [0, 0.05) is 46.2 Å². The first kappa shape index (κ1) is 20.5. The minimum absolute atomic E-state index is 0.0152. The van der Waals surface area contributed by atoms with E-state index in [1.54, 1.807) is 33.0 Å². The third kappa shape index (κ3) is 7.69. The van der Waals surface area contributed by atoms with Crippen molar-refractivity contribution in [2.24, 2.45) is 4.99 Å². The van der Waals surface area contributed by atoms with Crippen molar-refractivity contribution in [1.29, 1.82) is 0 Å². The highest BCUT2D eigenvalue weighted by Crippen LogP contribution is 2.06. The molecular formula is C18H28N4O3. The number of benzene rings is 1. The van der Waals surface area contributed by atoms with Gasteiger partial charge in [-0.15, -0.1) is 0 Å². The Labute approximate surface area is 149 Å². The second-order valence-electron chi connectivity index (χ2n) is 5.66. The molecule has 7 nitrogen and oxygen atoms in total. The Morgan fingerprint density at radius 3 is 2.40 bits per heavy atom. The number of nitrogens with zero attached hydrogens (tertiary/aromatic N) is 2. The third-order valence-corrected chi connectivity index (χ3v) is 3.45. The molecule has 0 saturated heterocycles. The van der Waals surface area contributed by atoms with Crippen LogP contribution >= 0.6 is 0 Å². The molecule has 2 N–H and O–H groups in total. The van der Waals surface area contributed by atoms with E-state index in [2.05, 4.69) is 15.6 Å². The highest BCUT2D eigenvalue weighted by atomic mass is 16.5. The normalized spacial score (nSPS) is 11.0. The quantitative estimate of drug-likeness (QED) is 0.321. The molecule has 1 aromatic carbocycles. The van der Waals surface area contributed by atoms with Gasteiger partial charge in [-0.25, -0.2) is 0 Å². The number of rotatable bonds is 8. The molecule has 0 aliphatic rings. The smallest absolute Gasteiger partial charge is 0.305 e. The van der Waals surface area contributed by atoms with E-state index in [0.717, 1.165) is 5.56 Å². The van der Waals surface area contributed by atoms with Crippen molar-refractivity contribution in [1.82, 2.24) is 15.5 Å². The van der Waals surface area contributed by atoms with E-state index in [1.807, 2.05) is 24.3 Å². The van der Waals surface area contributed by atoms with Crippen LogP contribution in [0.5, 0.6) is 0 Å². The van der Waals surface area contributed by atoms with Gasteiger partial charge in [-0.1, -0.05) is 12.1 Å². The average molecular weight is 348 g/mol. The van der Waals surface area contributed by atoms with Crippen LogP contribution in [0.2, 0.25) is 0 Å². The molecule has 1 rings (SSSR count). The second-order valence-corrected chi connectivity index (χ2v) is 5.66. The summed E-state index contributed by atoms with van der Waals surface area (Å²) in [5.41, 5.74) is 1.71. The molecule has 25 heavy (non-hydrogen) atoms. The largest absolute Gasteiger partial charge is 0.466 e. The van der Waals surface area contributed by atoms with Crippen LogP contribution in [0.15, 0.2) is 29.3 Å². The number of ether oxygens (including phenoxy) is 1. The number of hydrogen-bond acceptors (Lipinski definition) is 4. The monoisotopic (exact) mass is 348 g/mol. The summed E-state index contributed by atoms with van der Waals surface area (Å²) >= 11 is 0. The number of hydrogen-bond donors (Lipinski definition) is 2. The molecule has 0 aromatic heterocycles. The van der Waals surface area contributed by atoms with E-state index in [0.29, 0.717) is 44.1 Å². The van der Waals surface area contributed by atoms with Crippen LogP contribution in [0, 0.1) is 0 Å². The first-order chi connectivity index (χ1) is 12.0. The van der Waals surface area contributed by atoms with Crippen LogP contribution < -0.4 is 10.6 Å². The predicted molar refractivity (Wildman–Crippen MR) is 98.5 cm³/mol. The molecule has 0 spiro atoms. The minimum Gasteiger partial charge on any atom is -0.466 e. The SMILES string of the molecule is CCOC(=O)CCCNC(=NC)NCc1ccc(C(=O)N(C)C)cc1. The molecule has 0 aliphatic carbocycles. The van der Waals surface area contributed by atoms with Crippen molar-refractivity contribution in [2.45, 2.75) is 26.3 Å². The van der Waals surface area contributed by atoms with E-state index in [1.165, 1.54) is 0 Å². The molecule has 0 radical (unpaired) electrons. The number of carbonyl (C=O) groups excluding carboxylic acids is 2. The lowest BCUT2D eigenvalue weighted by molar-refractivity contribution is -0.143. The molecule has 0 unspecified atom stereocenters. The zero-order valence-electron chi connectivity index (χ0n) is 15.5. The van der Waals surface area contributed by atoms with Crippen LogP contribution in [0.3, 0.4) is 0 Å². The fourth-order valence-corrected chi connectivity index (χ4v) is 2.10. The Morgan fingerprint density at radius 1 is 1.16 bits per heavy atom. The molecule has 0 atom stereocenters. The first-order valence-corrected chi connectivity index (χ1v) is 8.38. The summed E-state index contributed by atoms with van der Waals surface area (Å²) in [6.07, 6.45) is 1.07. The Bertz CT molecular complexity index is 582. The average Bonchev–Trinajstić information content (AvgIpc) is 2.61. The minimum atomic E-state index is -0.181. The molecule has 1 aromatic rings. The fourth-order valence-electron chi connectivity index (χ4n) is 2.10. The van der Waals surface area contributed by atoms with Gasteiger partial charge in [0.1, 0.15) is 0 Å². The predicted octanol–water partition coefficient (Wildman–Crippen LogP) is 1.40. The number of guanidine groups is 1. The number of aliphatic imine (C=N–C) groups is 1. The van der Waals surface area contributed by atoms with Crippen molar-refractivity contribution in [3.63, 3.8) is 0 Å². The maximum absolute atomic E-state index is 11.9. The molecule has 7 heteroatoms. The lowest BCUT2D eigenvalue weighted by atomic mass is 10.1. The van der Waals surface area contributed by atoms with E-state index in [4.69, 9.17) is 4.74 Å². The van der Waals surface area contributed by atoms with Crippen LogP contribution in [-0.2, 0) is 16.1 Å². The number of carbonyl (C=O) groups is 2. The zero-order valence-corrected chi connectivity index (χ0v) is 15.5. The van der Waals surface area contributed by atoms with E-state index in [9.17, 15) is 9.59 Å². The molecule has 0 heterocycles.